The second-order valence-corrected chi connectivity index (χ2v) is 21.2. The van der Waals surface area contributed by atoms with Crippen LogP contribution in [-0.4, -0.2) is 59.1 Å². The van der Waals surface area contributed by atoms with Crippen molar-refractivity contribution in [3.63, 3.8) is 0 Å². The van der Waals surface area contributed by atoms with Crippen molar-refractivity contribution in [3.05, 3.63) is 118 Å². The lowest BCUT2D eigenvalue weighted by Gasteiger charge is -2.35. The number of nitrogens with one attached hydrogen (secondary N) is 2. The summed E-state index contributed by atoms with van der Waals surface area (Å²) in [5, 5.41) is 4.11. The van der Waals surface area contributed by atoms with Gasteiger partial charge in [0.2, 0.25) is 5.91 Å². The van der Waals surface area contributed by atoms with E-state index in [2.05, 4.69) is 113 Å². The topological polar surface area (TPSA) is 112 Å². The molecule has 69 heavy (non-hydrogen) atoms. The zero-order valence-electron chi connectivity index (χ0n) is 42.7. The molecule has 8 atom stereocenters. The molecule has 5 aliphatic rings. The number of allylic oxidation sites excluding steroid dienone is 1. The van der Waals surface area contributed by atoms with Gasteiger partial charge in [-0.3, -0.25) is 19.2 Å². The summed E-state index contributed by atoms with van der Waals surface area (Å²) in [6.07, 6.45) is 14.4. The summed E-state index contributed by atoms with van der Waals surface area (Å²) >= 11 is 0. The van der Waals surface area contributed by atoms with Gasteiger partial charge in [0.05, 0.1) is 37.7 Å². The van der Waals surface area contributed by atoms with Crippen molar-refractivity contribution >= 4 is 46.1 Å². The molecule has 368 valence electrons. The number of aromatic nitrogens is 1. The molecule has 3 aliphatic carbocycles. The van der Waals surface area contributed by atoms with Crippen LogP contribution in [-0.2, 0) is 30.3 Å². The molecule has 0 spiro atoms. The van der Waals surface area contributed by atoms with Gasteiger partial charge in [0.1, 0.15) is 5.78 Å². The van der Waals surface area contributed by atoms with Crippen LogP contribution in [0.1, 0.15) is 183 Å². The van der Waals surface area contributed by atoms with E-state index in [1.54, 1.807) is 0 Å². The molecule has 0 bridgehead atoms. The zero-order chi connectivity index (χ0) is 49.1. The number of carbonyl (C=O) groups excluding carboxylic acids is 4. The van der Waals surface area contributed by atoms with Crippen LogP contribution < -0.4 is 10.2 Å². The molecule has 2 saturated carbocycles. The zero-order valence-corrected chi connectivity index (χ0v) is 42.7. The monoisotopic (exact) mass is 935 g/mol. The summed E-state index contributed by atoms with van der Waals surface area (Å²) < 4.78 is 5.09. The number of nitrogens with zero attached hydrogens (tertiary/aromatic N) is 2. The predicted molar refractivity (Wildman–Crippen MR) is 279 cm³/mol. The Bertz CT molecular complexity index is 2550. The fraction of sp³-hybridized carbons (Fsp3) is 0.533. The van der Waals surface area contributed by atoms with Crippen molar-refractivity contribution in [2.75, 3.05) is 18.6 Å². The van der Waals surface area contributed by atoms with Gasteiger partial charge >= 0.3 is 5.97 Å². The second-order valence-electron chi connectivity index (χ2n) is 21.2. The number of methoxy groups -OCH3 is 1. The fourth-order valence-corrected chi connectivity index (χ4v) is 12.8. The number of anilines is 1. The van der Waals surface area contributed by atoms with Gasteiger partial charge in [-0.2, -0.15) is 0 Å². The molecule has 9 rings (SSSR count). The first-order chi connectivity index (χ1) is 33.3. The first-order valence-electron chi connectivity index (χ1n) is 26.5. The van der Waals surface area contributed by atoms with Gasteiger partial charge in [-0.25, -0.2) is 0 Å². The average Bonchev–Trinajstić information content (AvgIpc) is 4.21. The van der Waals surface area contributed by atoms with Gasteiger partial charge in [0.25, 0.3) is 0 Å². The van der Waals surface area contributed by atoms with Crippen molar-refractivity contribution in [2.24, 2.45) is 23.7 Å². The minimum absolute atomic E-state index is 0.00987. The second kappa shape index (κ2) is 21.7. The Morgan fingerprint density at radius 2 is 1.51 bits per heavy atom. The smallest absolute Gasteiger partial charge is 0.306 e. The number of esters is 1. The number of ketones is 2. The van der Waals surface area contributed by atoms with Crippen molar-refractivity contribution < 1.29 is 23.9 Å². The normalized spacial score (nSPS) is 24.3. The van der Waals surface area contributed by atoms with E-state index >= 15 is 0 Å². The van der Waals surface area contributed by atoms with E-state index in [0.717, 1.165) is 105 Å². The number of likely N-dealkylation sites (tertiary alicyclic amines) is 1. The highest BCUT2D eigenvalue weighted by atomic mass is 16.5. The third-order valence-corrected chi connectivity index (χ3v) is 16.4. The van der Waals surface area contributed by atoms with Crippen LogP contribution in [0.2, 0.25) is 0 Å². The highest BCUT2D eigenvalue weighted by Gasteiger charge is 2.41. The molecule has 2 saturated heterocycles. The minimum Gasteiger partial charge on any atom is -0.469 e. The molecule has 2 N–H and O–H groups in total. The number of benzene rings is 3. The molecule has 4 fully saturated rings. The van der Waals surface area contributed by atoms with Gasteiger partial charge in [-0.15, -0.1) is 0 Å². The van der Waals surface area contributed by atoms with E-state index in [1.165, 1.54) is 47.5 Å². The summed E-state index contributed by atoms with van der Waals surface area (Å²) in [5.74, 6) is 0.462. The molecule has 2 unspecified atom stereocenters. The van der Waals surface area contributed by atoms with Crippen molar-refractivity contribution in [3.8, 4) is 0 Å². The molecule has 2 aliphatic heterocycles. The maximum atomic E-state index is 14.0. The number of H-pyrrole nitrogens is 1. The number of hydrogen-bond donors (Lipinski definition) is 2. The minimum atomic E-state index is -0.479. The maximum absolute atomic E-state index is 14.0. The van der Waals surface area contributed by atoms with Gasteiger partial charge in [0.15, 0.2) is 5.78 Å². The summed E-state index contributed by atoms with van der Waals surface area (Å²) in [4.78, 5) is 60.4. The summed E-state index contributed by atoms with van der Waals surface area (Å²) in [6, 6.07) is 25.3. The van der Waals surface area contributed by atoms with Gasteiger partial charge < -0.3 is 24.8 Å². The SMILES string of the molecule is C=C([C@@H](CC(=O)OC)C(C)C)N1CCC[C@H]1C1=Cc2cc([C@H]3CC[C@H](c4ccc5[nH]c([C@@H]6CCCC6C(=O)[C@@H](NC(C)=O)C(C)C)cc5c4)N3c3ccc(C4CCCCC4=O)cc3)ccc2C1.CC. The van der Waals surface area contributed by atoms with E-state index in [0.29, 0.717) is 18.6 Å². The summed E-state index contributed by atoms with van der Waals surface area (Å²) in [5.41, 5.74) is 12.2. The molecule has 9 nitrogen and oxygen atoms in total. The third-order valence-electron chi connectivity index (χ3n) is 16.4. The van der Waals surface area contributed by atoms with Gasteiger partial charge in [-0.05, 0) is 145 Å². The van der Waals surface area contributed by atoms with Gasteiger partial charge in [0, 0.05) is 66.2 Å². The van der Waals surface area contributed by atoms with Crippen molar-refractivity contribution in [1.29, 1.82) is 0 Å². The molecule has 4 aromatic rings. The Labute approximate surface area is 411 Å². The lowest BCUT2D eigenvalue weighted by atomic mass is 9.83. The summed E-state index contributed by atoms with van der Waals surface area (Å²) in [6.45, 7) is 19.4. The standard InChI is InChI=1S/C58H72N4O5.C2H6/c1-34(2)49(33-56(65)67-7)36(5)61-27-11-15-52(61)44-28-39-17-18-40(29-42(39)31-44)53-25-26-54(62(53)45-22-19-38(20-23-45)46-12-8-9-16-55(46)64)41-21-24-50-43(30-41)32-51(60-50)47-13-10-14-48(47)58(66)57(35(3)4)59-37(6)63;1-2/h17-24,29-32,34-35,46-49,52-54,57,60H,5,8-16,25-28,33H2,1-4,6-7H3,(H,59,63);1-2H3/t46?,47-,48?,49+,52+,53-,54-,57+;/m1./s1. The number of carbonyl (C=O) groups is 4. The largest absolute Gasteiger partial charge is 0.469 e. The van der Waals surface area contributed by atoms with E-state index in [1.807, 2.05) is 27.7 Å². The molecule has 0 radical (unpaired) electrons. The van der Waals surface area contributed by atoms with Crippen LogP contribution in [0.3, 0.4) is 0 Å². The van der Waals surface area contributed by atoms with Crippen LogP contribution in [0.4, 0.5) is 5.69 Å². The molecule has 3 aromatic carbocycles. The Balaban J connectivity index is 0.00000317. The highest BCUT2D eigenvalue weighted by molar-refractivity contribution is 5.91. The Hall–Kier alpha value is -5.44. The van der Waals surface area contributed by atoms with E-state index in [-0.39, 0.29) is 71.3 Å². The number of ether oxygens (including phenoxy) is 1. The van der Waals surface area contributed by atoms with Gasteiger partial charge in [-0.1, -0.05) is 97.4 Å². The lowest BCUT2D eigenvalue weighted by molar-refractivity contribution is -0.142. The molecule has 1 amide bonds. The highest BCUT2D eigenvalue weighted by Crippen LogP contribution is 2.49. The van der Waals surface area contributed by atoms with Crippen LogP contribution >= 0.6 is 0 Å². The first-order valence-corrected chi connectivity index (χ1v) is 26.5. The molecular weight excluding hydrogens is 857 g/mol. The first kappa shape index (κ1) is 50.0. The molecular formula is C60H78N4O5. The van der Waals surface area contributed by atoms with E-state index < -0.39 is 6.04 Å². The lowest BCUT2D eigenvalue weighted by Crippen LogP contribution is -2.46. The van der Waals surface area contributed by atoms with Crippen LogP contribution in [0.15, 0.2) is 84.6 Å². The van der Waals surface area contributed by atoms with E-state index in [9.17, 15) is 19.2 Å². The van der Waals surface area contributed by atoms with Crippen molar-refractivity contribution in [2.45, 2.75) is 168 Å². The van der Waals surface area contributed by atoms with E-state index in [4.69, 9.17) is 4.74 Å². The summed E-state index contributed by atoms with van der Waals surface area (Å²) in [7, 11) is 1.47. The Kier molecular flexibility index (Phi) is 15.7. The third kappa shape index (κ3) is 10.4. The fourth-order valence-electron chi connectivity index (χ4n) is 12.8. The number of amides is 1. The predicted octanol–water partition coefficient (Wildman–Crippen LogP) is 12.9. The number of aromatic amines is 1. The van der Waals surface area contributed by atoms with Crippen LogP contribution in [0, 0.1) is 23.7 Å². The van der Waals surface area contributed by atoms with Crippen molar-refractivity contribution in [1.82, 2.24) is 15.2 Å². The van der Waals surface area contributed by atoms with Crippen LogP contribution in [0.5, 0.6) is 0 Å². The Morgan fingerprint density at radius 1 is 0.797 bits per heavy atom. The van der Waals surface area contributed by atoms with Crippen LogP contribution in [0.25, 0.3) is 17.0 Å². The Morgan fingerprint density at radius 3 is 2.19 bits per heavy atom. The molecule has 1 aromatic heterocycles. The average molecular weight is 935 g/mol. The molecule has 3 heterocycles. The molecule has 9 heteroatoms. The number of hydrogen-bond acceptors (Lipinski definition) is 7. The number of Topliss-reactive ketones (excluding diaryl/α,β-unsaturated/α-hetero) is 2. The number of fused-ring (bicyclic) bond motifs is 2. The quantitative estimate of drug-likeness (QED) is 0.114. The number of rotatable bonds is 15. The maximum Gasteiger partial charge on any atom is 0.306 e.